The van der Waals surface area contributed by atoms with Gasteiger partial charge in [0.1, 0.15) is 0 Å². The molecule has 1 aliphatic rings. The molecule has 0 unspecified atom stereocenters. The Morgan fingerprint density at radius 1 is 1.33 bits per heavy atom. The van der Waals surface area contributed by atoms with E-state index < -0.39 is 0 Å². The second-order valence-corrected chi connectivity index (χ2v) is 6.43. The van der Waals surface area contributed by atoms with E-state index in [9.17, 15) is 0 Å². The summed E-state index contributed by atoms with van der Waals surface area (Å²) in [4.78, 5) is 7.05. The van der Waals surface area contributed by atoms with Crippen LogP contribution < -0.4 is 5.32 Å². The van der Waals surface area contributed by atoms with Gasteiger partial charge < -0.3 is 15.0 Å². The predicted octanol–water partition coefficient (Wildman–Crippen LogP) is 3.83. The van der Waals surface area contributed by atoms with Crippen molar-refractivity contribution in [1.82, 2.24) is 10.2 Å². The number of nitrogens with zero attached hydrogens (tertiary/aromatic N) is 2. The van der Waals surface area contributed by atoms with E-state index in [2.05, 4.69) is 55.4 Å². The van der Waals surface area contributed by atoms with E-state index in [0.29, 0.717) is 0 Å². The van der Waals surface area contributed by atoms with Gasteiger partial charge in [-0.3, -0.25) is 0 Å². The molecule has 5 heteroatoms. The molecule has 0 radical (unpaired) electrons. The number of halogens is 1. The SMILES string of the molecule is CCNC(=NCc1cccc(C)c1)N(C)CCC1CCOCC1.I. The van der Waals surface area contributed by atoms with Gasteiger partial charge in [-0.15, -0.1) is 24.0 Å². The quantitative estimate of drug-likeness (QED) is 0.411. The molecule has 1 heterocycles. The van der Waals surface area contributed by atoms with Crippen LogP contribution in [0.1, 0.15) is 37.3 Å². The number of aryl methyl sites for hydroxylation is 1. The average molecular weight is 445 g/mol. The summed E-state index contributed by atoms with van der Waals surface area (Å²) >= 11 is 0. The van der Waals surface area contributed by atoms with E-state index in [-0.39, 0.29) is 24.0 Å². The summed E-state index contributed by atoms with van der Waals surface area (Å²) in [6.45, 7) is 8.77. The monoisotopic (exact) mass is 445 g/mol. The average Bonchev–Trinajstić information content (AvgIpc) is 2.57. The molecule has 0 spiro atoms. The third kappa shape index (κ3) is 7.38. The van der Waals surface area contributed by atoms with Crippen molar-refractivity contribution in [2.45, 2.75) is 39.7 Å². The lowest BCUT2D eigenvalue weighted by Crippen LogP contribution is -2.40. The van der Waals surface area contributed by atoms with Gasteiger partial charge in [0.15, 0.2) is 5.96 Å². The standard InChI is InChI=1S/C19H31N3O.HI/c1-4-20-19(21-15-18-7-5-6-16(2)14-18)22(3)11-8-17-9-12-23-13-10-17;/h5-7,14,17H,4,8-13,15H2,1-3H3,(H,20,21);1H. The number of nitrogens with one attached hydrogen (secondary N) is 1. The smallest absolute Gasteiger partial charge is 0.193 e. The van der Waals surface area contributed by atoms with Crippen LogP contribution in [0.2, 0.25) is 0 Å². The summed E-state index contributed by atoms with van der Waals surface area (Å²) in [6.07, 6.45) is 3.62. The topological polar surface area (TPSA) is 36.9 Å². The molecule has 0 bridgehead atoms. The molecule has 2 rings (SSSR count). The van der Waals surface area contributed by atoms with E-state index in [1.54, 1.807) is 0 Å². The van der Waals surface area contributed by atoms with Crippen LogP contribution in [0, 0.1) is 12.8 Å². The highest BCUT2D eigenvalue weighted by Gasteiger charge is 2.15. The van der Waals surface area contributed by atoms with Gasteiger partial charge in [0, 0.05) is 33.4 Å². The molecule has 0 aromatic heterocycles. The lowest BCUT2D eigenvalue weighted by Gasteiger charge is -2.26. The molecule has 1 aliphatic heterocycles. The van der Waals surface area contributed by atoms with Gasteiger partial charge >= 0.3 is 0 Å². The van der Waals surface area contributed by atoms with Gasteiger partial charge in [-0.05, 0) is 44.6 Å². The van der Waals surface area contributed by atoms with E-state index in [4.69, 9.17) is 9.73 Å². The number of guanidine groups is 1. The molecule has 0 atom stereocenters. The van der Waals surface area contributed by atoms with Crippen molar-refractivity contribution in [2.75, 3.05) is 33.4 Å². The van der Waals surface area contributed by atoms with Crippen molar-refractivity contribution in [3.05, 3.63) is 35.4 Å². The fourth-order valence-electron chi connectivity index (χ4n) is 2.96. The minimum absolute atomic E-state index is 0. The molecule has 1 aromatic rings. The molecule has 0 amide bonds. The zero-order valence-corrected chi connectivity index (χ0v) is 17.6. The maximum atomic E-state index is 5.44. The number of hydrogen-bond donors (Lipinski definition) is 1. The summed E-state index contributed by atoms with van der Waals surface area (Å²) in [7, 11) is 2.14. The first kappa shape index (κ1) is 21.2. The van der Waals surface area contributed by atoms with Crippen LogP contribution in [0.5, 0.6) is 0 Å². The lowest BCUT2D eigenvalue weighted by atomic mass is 9.96. The summed E-state index contributed by atoms with van der Waals surface area (Å²) in [5.41, 5.74) is 2.55. The molecule has 4 nitrogen and oxygen atoms in total. The van der Waals surface area contributed by atoms with Crippen LogP contribution in [-0.2, 0) is 11.3 Å². The zero-order valence-electron chi connectivity index (χ0n) is 15.3. The van der Waals surface area contributed by atoms with E-state index in [1.165, 1.54) is 30.4 Å². The normalized spacial score (nSPS) is 15.7. The van der Waals surface area contributed by atoms with Crippen LogP contribution in [0.25, 0.3) is 0 Å². The second kappa shape index (κ2) is 11.7. The predicted molar refractivity (Wildman–Crippen MR) is 112 cm³/mol. The molecule has 24 heavy (non-hydrogen) atoms. The van der Waals surface area contributed by atoms with Crippen LogP contribution in [0.15, 0.2) is 29.3 Å². The molecule has 136 valence electrons. The van der Waals surface area contributed by atoms with E-state index in [1.807, 2.05) is 0 Å². The van der Waals surface area contributed by atoms with Crippen LogP contribution in [0.3, 0.4) is 0 Å². The third-order valence-corrected chi connectivity index (χ3v) is 4.40. The van der Waals surface area contributed by atoms with Gasteiger partial charge in [0.2, 0.25) is 0 Å². The van der Waals surface area contributed by atoms with Crippen molar-refractivity contribution in [3.63, 3.8) is 0 Å². The molecule has 0 saturated carbocycles. The lowest BCUT2D eigenvalue weighted by molar-refractivity contribution is 0.0625. The Hall–Kier alpha value is -0.820. The molecule has 1 saturated heterocycles. The number of benzene rings is 1. The molecule has 1 fully saturated rings. The van der Waals surface area contributed by atoms with Crippen LogP contribution in [-0.4, -0.2) is 44.2 Å². The first-order chi connectivity index (χ1) is 11.2. The Morgan fingerprint density at radius 3 is 2.75 bits per heavy atom. The molecule has 0 aliphatic carbocycles. The minimum Gasteiger partial charge on any atom is -0.381 e. The first-order valence-corrected chi connectivity index (χ1v) is 8.81. The number of aliphatic imine (C=N–C) groups is 1. The highest BCUT2D eigenvalue weighted by atomic mass is 127. The molecular weight excluding hydrogens is 413 g/mol. The Kier molecular flexibility index (Phi) is 10.3. The summed E-state index contributed by atoms with van der Waals surface area (Å²) in [5.74, 6) is 1.80. The van der Waals surface area contributed by atoms with Crippen molar-refractivity contribution >= 4 is 29.9 Å². The third-order valence-electron chi connectivity index (χ3n) is 4.40. The largest absolute Gasteiger partial charge is 0.381 e. The maximum Gasteiger partial charge on any atom is 0.193 e. The van der Waals surface area contributed by atoms with Gasteiger partial charge in [-0.2, -0.15) is 0 Å². The second-order valence-electron chi connectivity index (χ2n) is 6.43. The summed E-state index contributed by atoms with van der Waals surface area (Å²) in [6, 6.07) is 8.57. The summed E-state index contributed by atoms with van der Waals surface area (Å²) < 4.78 is 5.44. The molecule has 1 aromatic carbocycles. The molecule has 1 N–H and O–H groups in total. The fourth-order valence-corrected chi connectivity index (χ4v) is 2.96. The van der Waals surface area contributed by atoms with Crippen molar-refractivity contribution in [1.29, 1.82) is 0 Å². The van der Waals surface area contributed by atoms with Gasteiger partial charge in [0.25, 0.3) is 0 Å². The van der Waals surface area contributed by atoms with Crippen molar-refractivity contribution in [3.8, 4) is 0 Å². The van der Waals surface area contributed by atoms with E-state index >= 15 is 0 Å². The number of ether oxygens (including phenoxy) is 1. The van der Waals surface area contributed by atoms with Crippen molar-refractivity contribution in [2.24, 2.45) is 10.9 Å². The van der Waals surface area contributed by atoms with Crippen molar-refractivity contribution < 1.29 is 4.74 Å². The number of rotatable bonds is 6. The highest BCUT2D eigenvalue weighted by molar-refractivity contribution is 14.0. The van der Waals surface area contributed by atoms with Gasteiger partial charge in [-0.25, -0.2) is 4.99 Å². The Bertz CT molecular complexity index is 501. The van der Waals surface area contributed by atoms with Crippen LogP contribution >= 0.6 is 24.0 Å². The fraction of sp³-hybridized carbons (Fsp3) is 0.632. The Balaban J connectivity index is 0.00000288. The minimum atomic E-state index is 0. The number of hydrogen-bond acceptors (Lipinski definition) is 2. The van der Waals surface area contributed by atoms with E-state index in [0.717, 1.165) is 44.7 Å². The molecular formula is C19H32IN3O. The van der Waals surface area contributed by atoms with Gasteiger partial charge in [0.05, 0.1) is 6.54 Å². The maximum absolute atomic E-state index is 5.44. The summed E-state index contributed by atoms with van der Waals surface area (Å²) in [5, 5.41) is 3.41. The van der Waals surface area contributed by atoms with Crippen LogP contribution in [0.4, 0.5) is 0 Å². The Labute approximate surface area is 164 Å². The van der Waals surface area contributed by atoms with Gasteiger partial charge in [-0.1, -0.05) is 29.8 Å². The zero-order chi connectivity index (χ0) is 16.5. The highest BCUT2D eigenvalue weighted by Crippen LogP contribution is 2.18. The first-order valence-electron chi connectivity index (χ1n) is 8.81. The Morgan fingerprint density at radius 2 is 2.08 bits per heavy atom.